The number of rotatable bonds is 4. The van der Waals surface area contributed by atoms with E-state index >= 15 is 0 Å². The topological polar surface area (TPSA) is 12.5 Å². The van der Waals surface area contributed by atoms with Crippen molar-refractivity contribution in [1.82, 2.24) is 4.90 Å². The quantitative estimate of drug-likeness (QED) is 0.779. The van der Waals surface area contributed by atoms with Crippen molar-refractivity contribution in [2.45, 2.75) is 12.6 Å². The molecule has 0 aromatic heterocycles. The van der Waals surface area contributed by atoms with Crippen molar-refractivity contribution in [3.8, 4) is 5.75 Å². The number of benzene rings is 2. The molecule has 0 unspecified atom stereocenters. The summed E-state index contributed by atoms with van der Waals surface area (Å²) < 4.78 is 5.20. The molecule has 2 aromatic carbocycles. The van der Waals surface area contributed by atoms with Crippen LogP contribution in [0.1, 0.15) is 17.2 Å². The average Bonchev–Trinajstić information content (AvgIpc) is 2.97. The van der Waals surface area contributed by atoms with E-state index in [-0.39, 0.29) is 0 Å². The normalized spacial score (nSPS) is 18.4. The summed E-state index contributed by atoms with van der Waals surface area (Å²) in [5, 5.41) is 0. The van der Waals surface area contributed by atoms with Crippen molar-refractivity contribution in [2.24, 2.45) is 0 Å². The van der Waals surface area contributed by atoms with Gasteiger partial charge in [0.2, 0.25) is 0 Å². The summed E-state index contributed by atoms with van der Waals surface area (Å²) in [6.45, 7) is 1.96. The summed E-state index contributed by atoms with van der Waals surface area (Å²) in [5.41, 5.74) is 2.67. The molecule has 2 nitrogen and oxygen atoms in total. The van der Waals surface area contributed by atoms with Crippen molar-refractivity contribution in [3.63, 3.8) is 0 Å². The standard InChI is InChI=1S/C18H19NO/c1-20-17-11-9-15(10-12-17)14-19-13-5-8-18(19)16-6-3-2-4-7-16/h2-12,18H,13-14H2,1H3/t18-/m0/s1. The third kappa shape index (κ3) is 2.75. The second-order valence-electron chi connectivity index (χ2n) is 5.06. The van der Waals surface area contributed by atoms with Crippen LogP contribution in [0.3, 0.4) is 0 Å². The molecule has 3 rings (SSSR count). The Labute approximate surface area is 120 Å². The molecule has 0 spiro atoms. The van der Waals surface area contributed by atoms with E-state index in [1.807, 2.05) is 12.1 Å². The highest BCUT2D eigenvalue weighted by Gasteiger charge is 2.21. The Kier molecular flexibility index (Phi) is 3.84. The van der Waals surface area contributed by atoms with Crippen LogP contribution in [-0.4, -0.2) is 18.6 Å². The van der Waals surface area contributed by atoms with Gasteiger partial charge < -0.3 is 4.74 Å². The van der Waals surface area contributed by atoms with Gasteiger partial charge in [0.25, 0.3) is 0 Å². The summed E-state index contributed by atoms with van der Waals surface area (Å²) in [7, 11) is 1.70. The van der Waals surface area contributed by atoms with Crippen molar-refractivity contribution in [1.29, 1.82) is 0 Å². The molecule has 1 aliphatic heterocycles. The van der Waals surface area contributed by atoms with Crippen LogP contribution in [0.5, 0.6) is 5.75 Å². The molecule has 1 heterocycles. The second kappa shape index (κ2) is 5.93. The van der Waals surface area contributed by atoms with E-state index < -0.39 is 0 Å². The number of ether oxygens (including phenoxy) is 1. The fourth-order valence-electron chi connectivity index (χ4n) is 2.66. The van der Waals surface area contributed by atoms with E-state index in [0.717, 1.165) is 18.8 Å². The monoisotopic (exact) mass is 265 g/mol. The summed E-state index contributed by atoms with van der Waals surface area (Å²) in [6.07, 6.45) is 4.54. The van der Waals surface area contributed by atoms with Crippen LogP contribution in [-0.2, 0) is 6.54 Å². The van der Waals surface area contributed by atoms with Crippen LogP contribution < -0.4 is 4.74 Å². The number of nitrogens with zero attached hydrogens (tertiary/aromatic N) is 1. The Morgan fingerprint density at radius 1 is 1.05 bits per heavy atom. The molecule has 1 atom stereocenters. The molecule has 2 aromatic rings. The van der Waals surface area contributed by atoms with Gasteiger partial charge in [0.05, 0.1) is 13.2 Å². The van der Waals surface area contributed by atoms with Crippen LogP contribution in [0.4, 0.5) is 0 Å². The number of hydrogen-bond acceptors (Lipinski definition) is 2. The molecule has 20 heavy (non-hydrogen) atoms. The maximum Gasteiger partial charge on any atom is 0.118 e. The summed E-state index contributed by atoms with van der Waals surface area (Å²) >= 11 is 0. The molecule has 0 bridgehead atoms. The zero-order chi connectivity index (χ0) is 13.8. The van der Waals surface area contributed by atoms with Gasteiger partial charge in [-0.3, -0.25) is 4.90 Å². The third-order valence-electron chi connectivity index (χ3n) is 3.74. The van der Waals surface area contributed by atoms with Crippen LogP contribution in [0, 0.1) is 0 Å². The van der Waals surface area contributed by atoms with Crippen molar-refractivity contribution in [3.05, 3.63) is 77.9 Å². The number of hydrogen-bond donors (Lipinski definition) is 0. The lowest BCUT2D eigenvalue weighted by molar-refractivity contribution is 0.266. The highest BCUT2D eigenvalue weighted by molar-refractivity contribution is 5.29. The van der Waals surface area contributed by atoms with Crippen LogP contribution in [0.15, 0.2) is 66.7 Å². The molecule has 0 radical (unpaired) electrons. The molecule has 0 saturated carbocycles. The zero-order valence-electron chi connectivity index (χ0n) is 11.7. The molecular weight excluding hydrogens is 246 g/mol. The van der Waals surface area contributed by atoms with Gasteiger partial charge in [-0.2, -0.15) is 0 Å². The minimum absolute atomic E-state index is 0.387. The van der Waals surface area contributed by atoms with Crippen molar-refractivity contribution < 1.29 is 4.74 Å². The Balaban J connectivity index is 1.73. The van der Waals surface area contributed by atoms with Crippen LogP contribution in [0.25, 0.3) is 0 Å². The molecule has 2 heteroatoms. The Hall–Kier alpha value is -2.06. The fourth-order valence-corrected chi connectivity index (χ4v) is 2.66. The number of methoxy groups -OCH3 is 1. The zero-order valence-corrected chi connectivity index (χ0v) is 11.7. The molecule has 0 fully saturated rings. The predicted molar refractivity (Wildman–Crippen MR) is 81.7 cm³/mol. The van der Waals surface area contributed by atoms with Gasteiger partial charge in [-0.1, -0.05) is 54.6 Å². The predicted octanol–water partition coefficient (Wildman–Crippen LogP) is 3.81. The first-order chi connectivity index (χ1) is 9.86. The Bertz CT molecular complexity index is 574. The van der Waals surface area contributed by atoms with E-state index in [9.17, 15) is 0 Å². The fraction of sp³-hybridized carbons (Fsp3) is 0.222. The van der Waals surface area contributed by atoms with Gasteiger partial charge in [0.15, 0.2) is 0 Å². The Morgan fingerprint density at radius 2 is 1.80 bits per heavy atom. The summed E-state index contributed by atoms with van der Waals surface area (Å²) in [5.74, 6) is 0.910. The molecule has 1 aliphatic rings. The maximum absolute atomic E-state index is 5.20. The van der Waals surface area contributed by atoms with Crippen molar-refractivity contribution >= 4 is 0 Å². The summed E-state index contributed by atoms with van der Waals surface area (Å²) in [4.78, 5) is 2.47. The van der Waals surface area contributed by atoms with E-state index in [4.69, 9.17) is 4.74 Å². The van der Waals surface area contributed by atoms with Gasteiger partial charge in [-0.05, 0) is 23.3 Å². The average molecular weight is 265 g/mol. The van der Waals surface area contributed by atoms with Gasteiger partial charge in [0, 0.05) is 13.1 Å². The maximum atomic E-state index is 5.20. The lowest BCUT2D eigenvalue weighted by Gasteiger charge is -2.24. The smallest absolute Gasteiger partial charge is 0.118 e. The first-order valence-corrected chi connectivity index (χ1v) is 6.95. The lowest BCUT2D eigenvalue weighted by Crippen LogP contribution is -2.23. The molecule has 0 saturated heterocycles. The summed E-state index contributed by atoms with van der Waals surface area (Å²) in [6, 6.07) is 19.4. The lowest BCUT2D eigenvalue weighted by atomic mass is 10.1. The highest BCUT2D eigenvalue weighted by atomic mass is 16.5. The van der Waals surface area contributed by atoms with Gasteiger partial charge in [-0.25, -0.2) is 0 Å². The largest absolute Gasteiger partial charge is 0.497 e. The molecule has 0 N–H and O–H groups in total. The van der Waals surface area contributed by atoms with E-state index in [1.54, 1.807) is 7.11 Å². The second-order valence-corrected chi connectivity index (χ2v) is 5.06. The first kappa shape index (κ1) is 12.9. The van der Waals surface area contributed by atoms with Crippen molar-refractivity contribution in [2.75, 3.05) is 13.7 Å². The SMILES string of the molecule is COc1ccc(CN2CC=C[C@H]2c2ccccc2)cc1. The third-order valence-corrected chi connectivity index (χ3v) is 3.74. The molecule has 0 aliphatic carbocycles. The van der Waals surface area contributed by atoms with Gasteiger partial charge in [-0.15, -0.1) is 0 Å². The Morgan fingerprint density at radius 3 is 2.50 bits per heavy atom. The minimum atomic E-state index is 0.387. The van der Waals surface area contributed by atoms with E-state index in [1.165, 1.54) is 11.1 Å². The molecular formula is C18H19NO. The van der Waals surface area contributed by atoms with Gasteiger partial charge >= 0.3 is 0 Å². The molecule has 0 amide bonds. The van der Waals surface area contributed by atoms with E-state index in [2.05, 4.69) is 59.5 Å². The van der Waals surface area contributed by atoms with Crippen LogP contribution >= 0.6 is 0 Å². The van der Waals surface area contributed by atoms with Crippen LogP contribution in [0.2, 0.25) is 0 Å². The molecule has 102 valence electrons. The first-order valence-electron chi connectivity index (χ1n) is 6.95. The van der Waals surface area contributed by atoms with E-state index in [0.29, 0.717) is 6.04 Å². The minimum Gasteiger partial charge on any atom is -0.497 e. The highest BCUT2D eigenvalue weighted by Crippen LogP contribution is 2.28. The van der Waals surface area contributed by atoms with Gasteiger partial charge in [0.1, 0.15) is 5.75 Å².